The van der Waals surface area contributed by atoms with Gasteiger partial charge in [0.15, 0.2) is 23.9 Å². The second-order valence-electron chi connectivity index (χ2n) is 9.36. The van der Waals surface area contributed by atoms with Gasteiger partial charge in [0.1, 0.15) is 11.4 Å². The molecule has 0 saturated carbocycles. The Morgan fingerprint density at radius 3 is 2.67 bits per heavy atom. The minimum atomic E-state index is -0.423. The summed E-state index contributed by atoms with van der Waals surface area (Å²) in [6.45, 7) is -0.295. The second kappa shape index (κ2) is 11.9. The number of hydrogen-bond acceptors (Lipinski definition) is 7. The lowest BCUT2D eigenvalue weighted by Gasteiger charge is -2.12. The van der Waals surface area contributed by atoms with E-state index in [-0.39, 0.29) is 18.0 Å². The number of para-hydroxylation sites is 1. The van der Waals surface area contributed by atoms with Crippen molar-refractivity contribution >= 4 is 55.6 Å². The number of fused-ring (bicyclic) bond motifs is 2. The van der Waals surface area contributed by atoms with Crippen LogP contribution < -0.4 is 20.3 Å². The average Bonchev–Trinajstić information content (AvgIpc) is 3.44. The molecule has 214 valence electrons. The lowest BCUT2D eigenvalue weighted by Crippen LogP contribution is -2.20. The van der Waals surface area contributed by atoms with Crippen LogP contribution in [0.25, 0.3) is 33.5 Å². The molecular formula is C32H22BrFN4O5. The largest absolute Gasteiger partial charge is 0.493 e. The number of halogens is 2. The Hall–Kier alpha value is -5.29. The number of carbonyl (C=O) groups excluding carboxylic acids is 1. The highest BCUT2D eigenvalue weighted by molar-refractivity contribution is 9.10. The van der Waals surface area contributed by atoms with E-state index in [2.05, 4.69) is 26.3 Å². The van der Waals surface area contributed by atoms with Crippen LogP contribution in [0.2, 0.25) is 0 Å². The van der Waals surface area contributed by atoms with Crippen molar-refractivity contribution in [2.24, 2.45) is 5.10 Å². The lowest BCUT2D eigenvalue weighted by molar-refractivity contribution is -0.118. The molecule has 0 saturated heterocycles. The Labute approximate surface area is 252 Å². The van der Waals surface area contributed by atoms with Crippen LogP contribution in [0.4, 0.5) is 10.1 Å². The maximum Gasteiger partial charge on any atom is 0.282 e. The van der Waals surface area contributed by atoms with Crippen LogP contribution in [0.5, 0.6) is 11.5 Å². The van der Waals surface area contributed by atoms with Crippen LogP contribution in [-0.4, -0.2) is 35.5 Å². The fourth-order valence-electron chi connectivity index (χ4n) is 4.40. The first-order valence-electron chi connectivity index (χ1n) is 13.0. The maximum absolute atomic E-state index is 13.5. The molecule has 4 aromatic carbocycles. The van der Waals surface area contributed by atoms with E-state index in [0.29, 0.717) is 45.0 Å². The number of nitrogens with zero attached hydrogens (tertiary/aromatic N) is 3. The van der Waals surface area contributed by atoms with Gasteiger partial charge in [-0.05, 0) is 84.4 Å². The first kappa shape index (κ1) is 27.9. The number of methoxy groups -OCH3 is 1. The van der Waals surface area contributed by atoms with Crippen LogP contribution in [-0.2, 0) is 4.79 Å². The Balaban J connectivity index is 1.28. The quantitative estimate of drug-likeness (QED) is 0.187. The molecule has 43 heavy (non-hydrogen) atoms. The van der Waals surface area contributed by atoms with Gasteiger partial charge in [-0.2, -0.15) is 9.78 Å². The summed E-state index contributed by atoms with van der Waals surface area (Å²) in [7, 11) is 1.47. The fraction of sp³-hybridized carbons (Fsp3) is 0.0625. The summed E-state index contributed by atoms with van der Waals surface area (Å²) in [5.41, 5.74) is 1.84. The van der Waals surface area contributed by atoms with Crippen LogP contribution in [0.3, 0.4) is 0 Å². The molecule has 6 rings (SSSR count). The molecule has 0 atom stereocenters. The monoisotopic (exact) mass is 640 g/mol. The minimum Gasteiger partial charge on any atom is -0.493 e. The third kappa shape index (κ3) is 6.02. The molecule has 0 radical (unpaired) electrons. The van der Waals surface area contributed by atoms with Gasteiger partial charge in [0.25, 0.3) is 11.5 Å². The maximum atomic E-state index is 13.5. The Kier molecular flexibility index (Phi) is 7.71. The van der Waals surface area contributed by atoms with E-state index in [0.717, 1.165) is 9.86 Å². The molecule has 1 N–H and O–H groups in total. The number of benzene rings is 4. The van der Waals surface area contributed by atoms with E-state index < -0.39 is 11.7 Å². The summed E-state index contributed by atoms with van der Waals surface area (Å²) in [5, 5.41) is 8.36. The Morgan fingerprint density at radius 2 is 1.86 bits per heavy atom. The van der Waals surface area contributed by atoms with E-state index in [4.69, 9.17) is 18.9 Å². The van der Waals surface area contributed by atoms with Gasteiger partial charge >= 0.3 is 0 Å². The summed E-state index contributed by atoms with van der Waals surface area (Å²) >= 11 is 3.47. The molecule has 1 amide bonds. The number of ether oxygens (including phenoxy) is 2. The smallest absolute Gasteiger partial charge is 0.282 e. The molecule has 6 aromatic rings. The van der Waals surface area contributed by atoms with Gasteiger partial charge < -0.3 is 19.2 Å². The minimum absolute atomic E-state index is 0.242. The third-order valence-electron chi connectivity index (χ3n) is 6.45. The number of anilines is 1. The molecule has 0 unspecified atom stereocenters. The van der Waals surface area contributed by atoms with Crippen LogP contribution >= 0.6 is 15.9 Å². The Bertz CT molecular complexity index is 2070. The number of nitrogens with one attached hydrogen (secondary N) is 1. The number of rotatable bonds is 8. The van der Waals surface area contributed by atoms with E-state index in [1.165, 1.54) is 42.3 Å². The van der Waals surface area contributed by atoms with Gasteiger partial charge in [-0.1, -0.05) is 28.1 Å². The summed E-state index contributed by atoms with van der Waals surface area (Å²) in [4.78, 5) is 30.6. The molecular weight excluding hydrogens is 619 g/mol. The highest BCUT2D eigenvalue weighted by Crippen LogP contribution is 2.30. The highest BCUT2D eigenvalue weighted by atomic mass is 79.9. The normalized spacial score (nSPS) is 11.3. The van der Waals surface area contributed by atoms with Crippen molar-refractivity contribution in [2.45, 2.75) is 0 Å². The molecule has 2 aromatic heterocycles. The van der Waals surface area contributed by atoms with Crippen molar-refractivity contribution in [3.8, 4) is 23.1 Å². The summed E-state index contributed by atoms with van der Waals surface area (Å²) in [5.74, 6) is 0.481. The number of amides is 1. The number of aromatic nitrogens is 2. The van der Waals surface area contributed by atoms with Gasteiger partial charge in [0.2, 0.25) is 5.82 Å². The fourth-order valence-corrected chi connectivity index (χ4v) is 4.78. The molecule has 11 heteroatoms. The van der Waals surface area contributed by atoms with Crippen molar-refractivity contribution in [2.75, 3.05) is 19.0 Å². The molecule has 0 spiro atoms. The van der Waals surface area contributed by atoms with Crippen LogP contribution in [0.1, 0.15) is 5.56 Å². The summed E-state index contributed by atoms with van der Waals surface area (Å²) in [6.07, 6.45) is 1.49. The third-order valence-corrected chi connectivity index (χ3v) is 6.94. The van der Waals surface area contributed by atoms with E-state index >= 15 is 0 Å². The first-order chi connectivity index (χ1) is 20.9. The average molecular weight is 641 g/mol. The van der Waals surface area contributed by atoms with Crippen molar-refractivity contribution in [3.05, 3.63) is 117 Å². The SMILES string of the molecule is COc1cc(C=Nn2c(-c3cc4cc(Br)ccc4o3)nc3ccccc3c2=O)ccc1OCC(=O)Nc1ccc(F)cc1. The molecule has 9 nitrogen and oxygen atoms in total. The molecule has 0 fully saturated rings. The number of hydrogen-bond donors (Lipinski definition) is 1. The van der Waals surface area contributed by atoms with E-state index in [1.807, 2.05) is 30.3 Å². The van der Waals surface area contributed by atoms with Gasteiger partial charge in [-0.25, -0.2) is 9.37 Å². The summed E-state index contributed by atoms with van der Waals surface area (Å²) in [6, 6.07) is 24.9. The van der Waals surface area contributed by atoms with Gasteiger partial charge in [0, 0.05) is 15.5 Å². The standard InChI is InChI=1S/C32H22BrFN4O5/c1-41-28-14-19(6-12-27(28)42-18-30(39)36-23-10-8-22(34)9-11-23)17-35-38-31(37-25-5-3-2-4-24(25)32(38)40)29-16-20-15-21(33)7-13-26(20)43-29/h2-17H,18H2,1H3,(H,36,39). The molecule has 0 aliphatic rings. The summed E-state index contributed by atoms with van der Waals surface area (Å²) < 4.78 is 32.4. The topological polar surface area (TPSA) is 108 Å². The zero-order valence-electron chi connectivity index (χ0n) is 22.6. The highest BCUT2D eigenvalue weighted by Gasteiger charge is 2.17. The van der Waals surface area contributed by atoms with E-state index in [9.17, 15) is 14.0 Å². The predicted octanol–water partition coefficient (Wildman–Crippen LogP) is 6.62. The van der Waals surface area contributed by atoms with Crippen molar-refractivity contribution < 1.29 is 23.1 Å². The van der Waals surface area contributed by atoms with Crippen LogP contribution in [0.15, 0.2) is 110 Å². The van der Waals surface area contributed by atoms with Crippen molar-refractivity contribution in [1.29, 1.82) is 0 Å². The number of furan rings is 1. The molecule has 0 aliphatic carbocycles. The van der Waals surface area contributed by atoms with Crippen molar-refractivity contribution in [3.63, 3.8) is 0 Å². The number of carbonyl (C=O) groups is 1. The predicted molar refractivity (Wildman–Crippen MR) is 165 cm³/mol. The lowest BCUT2D eigenvalue weighted by atomic mass is 10.2. The zero-order valence-corrected chi connectivity index (χ0v) is 24.2. The van der Waals surface area contributed by atoms with E-state index in [1.54, 1.807) is 36.4 Å². The zero-order chi connectivity index (χ0) is 29.9. The van der Waals surface area contributed by atoms with Crippen molar-refractivity contribution in [1.82, 2.24) is 9.66 Å². The first-order valence-corrected chi connectivity index (χ1v) is 13.8. The van der Waals surface area contributed by atoms with Gasteiger partial charge in [-0.15, -0.1) is 0 Å². The van der Waals surface area contributed by atoms with Crippen LogP contribution in [0, 0.1) is 5.82 Å². The van der Waals surface area contributed by atoms with Gasteiger partial charge in [-0.3, -0.25) is 9.59 Å². The van der Waals surface area contributed by atoms with Gasteiger partial charge in [0.05, 0.1) is 24.2 Å². The molecule has 0 bridgehead atoms. The Morgan fingerprint density at radius 1 is 1.05 bits per heavy atom. The second-order valence-corrected chi connectivity index (χ2v) is 10.3. The molecule has 2 heterocycles. The molecule has 0 aliphatic heterocycles.